The van der Waals surface area contributed by atoms with Gasteiger partial charge in [0.2, 0.25) is 12.6 Å². The lowest BCUT2D eigenvalue weighted by Gasteiger charge is -2.62. The summed E-state index contributed by atoms with van der Waals surface area (Å²) in [5.74, 6) is -5.17. The normalized spacial score (nSPS) is 43.0. The molecule has 6 aliphatic rings. The van der Waals surface area contributed by atoms with Crippen LogP contribution in [0, 0.1) is 34.0 Å². The quantitative estimate of drug-likeness (QED) is 0.318. The van der Waals surface area contributed by atoms with Crippen molar-refractivity contribution >= 4 is 29.5 Å². The summed E-state index contributed by atoms with van der Waals surface area (Å²) in [6, 6.07) is 0. The number of aliphatic hydroxyl groups excluding tert-OH is 1. The molecular weight excluding hydrogens is 627 g/mol. The van der Waals surface area contributed by atoms with Crippen LogP contribution in [-0.2, 0) is 47.7 Å². The number of carbonyl (C=O) groups is 5. The van der Waals surface area contributed by atoms with Gasteiger partial charge in [0.1, 0.15) is 0 Å². The van der Waals surface area contributed by atoms with Crippen molar-refractivity contribution in [2.45, 2.75) is 122 Å². The second-order valence-electron chi connectivity index (χ2n) is 16.1. The molecule has 1 spiro atoms. The molecule has 1 N–H and O–H groups in total. The van der Waals surface area contributed by atoms with Crippen LogP contribution in [0.25, 0.3) is 0 Å². The lowest BCUT2D eigenvalue weighted by Crippen LogP contribution is -2.70. The van der Waals surface area contributed by atoms with Crippen molar-refractivity contribution in [1.82, 2.24) is 0 Å². The minimum atomic E-state index is -2.10. The summed E-state index contributed by atoms with van der Waals surface area (Å²) in [6.45, 7) is 8.84. The number of hydrogen-bond donors (Lipinski definition) is 1. The number of hydrogen-bond acceptors (Lipinski definition) is 11. The number of ether oxygens (including phenoxy) is 5. The van der Waals surface area contributed by atoms with E-state index in [2.05, 4.69) is 0 Å². The Hall–Kier alpha value is -2.96. The number of allylic oxidation sites excluding steroid dienone is 4. The van der Waals surface area contributed by atoms with Crippen LogP contribution < -0.4 is 0 Å². The zero-order valence-corrected chi connectivity index (χ0v) is 28.6. The van der Waals surface area contributed by atoms with Crippen molar-refractivity contribution in [2.75, 3.05) is 13.4 Å². The fraction of sp³-hybridized carbons (Fsp3) is 0.750. The molecule has 48 heavy (non-hydrogen) atoms. The molecular formula is C36H47FO11. The molecule has 264 valence electrons. The van der Waals surface area contributed by atoms with Crippen molar-refractivity contribution in [3.05, 3.63) is 23.8 Å². The number of aliphatic hydroxyl groups is 1. The lowest BCUT2D eigenvalue weighted by atomic mass is 9.44. The van der Waals surface area contributed by atoms with E-state index >= 15 is 4.39 Å². The van der Waals surface area contributed by atoms with E-state index in [-0.39, 0.29) is 31.5 Å². The van der Waals surface area contributed by atoms with E-state index in [1.54, 1.807) is 33.8 Å². The predicted molar refractivity (Wildman–Crippen MR) is 165 cm³/mol. The maximum Gasteiger partial charge on any atom is 0.314 e. The molecule has 0 aromatic carbocycles. The lowest BCUT2D eigenvalue weighted by molar-refractivity contribution is -0.264. The van der Waals surface area contributed by atoms with Crippen LogP contribution in [0.15, 0.2) is 23.8 Å². The van der Waals surface area contributed by atoms with Crippen molar-refractivity contribution in [3.63, 3.8) is 0 Å². The number of fused-ring (bicyclic) bond motifs is 7. The highest BCUT2D eigenvalue weighted by molar-refractivity contribution is 6.01. The minimum Gasteiger partial charge on any atom is -0.458 e. The summed E-state index contributed by atoms with van der Waals surface area (Å²) < 4.78 is 46.8. The Labute approximate surface area is 279 Å². The van der Waals surface area contributed by atoms with Gasteiger partial charge in [-0.25, -0.2) is 4.39 Å². The third-order valence-electron chi connectivity index (χ3n) is 12.4. The topological polar surface area (TPSA) is 152 Å². The first-order chi connectivity index (χ1) is 22.3. The summed E-state index contributed by atoms with van der Waals surface area (Å²) in [7, 11) is 0. The molecule has 5 fully saturated rings. The number of rotatable bonds is 6. The molecule has 11 nitrogen and oxygen atoms in total. The summed E-state index contributed by atoms with van der Waals surface area (Å²) in [4.78, 5) is 63.2. The van der Waals surface area contributed by atoms with E-state index in [1.807, 2.05) is 6.92 Å². The van der Waals surface area contributed by atoms with Gasteiger partial charge < -0.3 is 28.8 Å². The van der Waals surface area contributed by atoms with Gasteiger partial charge in [0.05, 0.1) is 23.5 Å². The maximum atomic E-state index is 17.7. The average molecular weight is 675 g/mol. The van der Waals surface area contributed by atoms with Gasteiger partial charge in [-0.15, -0.1) is 0 Å². The molecule has 5 aliphatic carbocycles. The smallest absolute Gasteiger partial charge is 0.314 e. The second kappa shape index (κ2) is 11.6. The second-order valence-corrected chi connectivity index (χ2v) is 16.1. The number of Topliss-reactive ketones (excluding diaryl/α,β-unsaturated/α-hetero) is 1. The van der Waals surface area contributed by atoms with Crippen molar-refractivity contribution in [3.8, 4) is 0 Å². The van der Waals surface area contributed by atoms with Gasteiger partial charge in [-0.3, -0.25) is 24.0 Å². The first kappa shape index (κ1) is 34.9. The fourth-order valence-corrected chi connectivity index (χ4v) is 9.89. The Morgan fingerprint density at radius 2 is 1.73 bits per heavy atom. The molecule has 1 saturated heterocycles. The van der Waals surface area contributed by atoms with Crippen LogP contribution in [0.5, 0.6) is 0 Å². The Morgan fingerprint density at radius 1 is 1.04 bits per heavy atom. The number of carbonyl (C=O) groups excluding carboxylic acids is 5. The average Bonchev–Trinajstić information content (AvgIpc) is 3.45. The SMILES string of the molecule is CC(=O)OCC(=O)C12OC3(CCC(C(=O)OCOC(=O)C(C)(C)C)CC3)O[C@@H]1C[C@H]1[C@@H]3CCC4=CC(=O)C=C[C@]4(C)[C@@]3(F)[C@@H](O)C[C@@]12C. The predicted octanol–water partition coefficient (Wildman–Crippen LogP) is 4.23. The molecule has 1 unspecified atom stereocenters. The van der Waals surface area contributed by atoms with Gasteiger partial charge in [0.15, 0.2) is 29.4 Å². The molecule has 4 saturated carbocycles. The Kier molecular flexibility index (Phi) is 8.40. The summed E-state index contributed by atoms with van der Waals surface area (Å²) in [5, 5.41) is 11.8. The largest absolute Gasteiger partial charge is 0.458 e. The zero-order chi connectivity index (χ0) is 35.1. The monoisotopic (exact) mass is 674 g/mol. The van der Waals surface area contributed by atoms with E-state index in [9.17, 15) is 29.1 Å². The first-order valence-corrected chi connectivity index (χ1v) is 17.0. The van der Waals surface area contributed by atoms with Crippen LogP contribution in [0.4, 0.5) is 4.39 Å². The standard InChI is InChI=1S/C36H47FO11/c1-20(38)44-18-27(41)36-28(47-34(48-36)13-9-21(10-14-34)29(42)45-19-46-30(43)31(2,3)4)16-25-24-8-7-22-15-23(39)11-12-32(22,5)35(24,37)26(40)17-33(25,36)6/h11-12,15,21,24-26,28,40H,7-10,13-14,16-19H2,1-6H3/t21?,24-,25-,26-,28+,32-,33-,34?,35-,36?/m0/s1. The first-order valence-electron chi connectivity index (χ1n) is 17.0. The molecule has 1 heterocycles. The third kappa shape index (κ3) is 5.02. The van der Waals surface area contributed by atoms with Gasteiger partial charge in [-0.1, -0.05) is 18.6 Å². The summed E-state index contributed by atoms with van der Waals surface area (Å²) in [6.07, 6.45) is 4.32. The minimum absolute atomic E-state index is 0.112. The third-order valence-corrected chi connectivity index (χ3v) is 12.4. The number of ketones is 2. The van der Waals surface area contributed by atoms with Gasteiger partial charge in [0, 0.05) is 36.5 Å². The van der Waals surface area contributed by atoms with Crippen LogP contribution in [0.3, 0.4) is 0 Å². The molecule has 1 aliphatic heterocycles. The van der Waals surface area contributed by atoms with E-state index < -0.39 is 100 Å². The Bertz CT molecular complexity index is 1470. The van der Waals surface area contributed by atoms with Crippen LogP contribution in [-0.4, -0.2) is 77.2 Å². The van der Waals surface area contributed by atoms with Crippen LogP contribution >= 0.6 is 0 Å². The number of halogens is 1. The highest BCUT2D eigenvalue weighted by Gasteiger charge is 2.80. The zero-order valence-electron chi connectivity index (χ0n) is 28.6. The maximum absolute atomic E-state index is 17.7. The molecule has 8 atom stereocenters. The highest BCUT2D eigenvalue weighted by Crippen LogP contribution is 2.73. The van der Waals surface area contributed by atoms with Crippen molar-refractivity contribution in [1.29, 1.82) is 0 Å². The van der Waals surface area contributed by atoms with Crippen LogP contribution in [0.1, 0.15) is 92.9 Å². The number of alkyl halides is 1. The Morgan fingerprint density at radius 3 is 2.38 bits per heavy atom. The highest BCUT2D eigenvalue weighted by atomic mass is 19.1. The Balaban J connectivity index is 1.24. The molecule has 0 aromatic rings. The van der Waals surface area contributed by atoms with Crippen molar-refractivity contribution in [2.24, 2.45) is 34.0 Å². The van der Waals surface area contributed by atoms with Crippen LogP contribution in [0.2, 0.25) is 0 Å². The van der Waals surface area contributed by atoms with Gasteiger partial charge in [-0.05, 0) is 84.3 Å². The summed E-state index contributed by atoms with van der Waals surface area (Å²) in [5.41, 5.74) is -6.10. The van der Waals surface area contributed by atoms with E-state index in [0.717, 1.165) is 0 Å². The molecule has 0 bridgehead atoms. The van der Waals surface area contributed by atoms with E-state index in [0.29, 0.717) is 31.3 Å². The fourth-order valence-electron chi connectivity index (χ4n) is 9.89. The molecule has 0 amide bonds. The van der Waals surface area contributed by atoms with Gasteiger partial charge in [0.25, 0.3) is 0 Å². The summed E-state index contributed by atoms with van der Waals surface area (Å²) >= 11 is 0. The van der Waals surface area contributed by atoms with Gasteiger partial charge in [-0.2, -0.15) is 0 Å². The van der Waals surface area contributed by atoms with Crippen molar-refractivity contribution < 1.29 is 57.2 Å². The number of esters is 3. The van der Waals surface area contributed by atoms with E-state index in [1.165, 1.54) is 19.1 Å². The molecule has 0 aromatic heterocycles. The molecule has 0 radical (unpaired) electrons. The molecule has 6 rings (SSSR count). The molecule has 12 heteroatoms. The van der Waals surface area contributed by atoms with Gasteiger partial charge >= 0.3 is 17.9 Å². The van der Waals surface area contributed by atoms with E-state index in [4.69, 9.17) is 23.7 Å².